The molecule has 0 bridgehead atoms. The third-order valence-electron chi connectivity index (χ3n) is 3.65. The average molecular weight is 262 g/mol. The molecule has 0 fully saturated rings. The Labute approximate surface area is 122 Å². The SMILES string of the molecule is C/C=C(\CC/C(=C\C)c1ccccc1)c1ccccc1. The van der Waals surface area contributed by atoms with E-state index < -0.39 is 0 Å². The van der Waals surface area contributed by atoms with Gasteiger partial charge in [0, 0.05) is 0 Å². The summed E-state index contributed by atoms with van der Waals surface area (Å²) in [7, 11) is 0. The van der Waals surface area contributed by atoms with E-state index in [9.17, 15) is 0 Å². The minimum atomic E-state index is 1.08. The van der Waals surface area contributed by atoms with Crippen molar-refractivity contribution < 1.29 is 0 Å². The predicted octanol–water partition coefficient (Wildman–Crippen LogP) is 5.97. The highest BCUT2D eigenvalue weighted by molar-refractivity contribution is 5.70. The smallest absolute Gasteiger partial charge is 0.0228 e. The van der Waals surface area contributed by atoms with Crippen LogP contribution in [0.5, 0.6) is 0 Å². The van der Waals surface area contributed by atoms with Gasteiger partial charge in [0.1, 0.15) is 0 Å². The molecule has 0 saturated heterocycles. The Hall–Kier alpha value is -2.08. The molecule has 0 heteroatoms. The molecular formula is C20H22. The van der Waals surface area contributed by atoms with E-state index in [1.807, 2.05) is 0 Å². The summed E-state index contributed by atoms with van der Waals surface area (Å²) >= 11 is 0. The van der Waals surface area contributed by atoms with Gasteiger partial charge in [-0.05, 0) is 49.0 Å². The number of rotatable bonds is 5. The van der Waals surface area contributed by atoms with Gasteiger partial charge in [0.15, 0.2) is 0 Å². The van der Waals surface area contributed by atoms with Crippen molar-refractivity contribution >= 4 is 11.1 Å². The second kappa shape index (κ2) is 7.49. The molecule has 0 aliphatic rings. The van der Waals surface area contributed by atoms with Crippen molar-refractivity contribution in [3.63, 3.8) is 0 Å². The van der Waals surface area contributed by atoms with Crippen molar-refractivity contribution in [3.05, 3.63) is 83.9 Å². The van der Waals surface area contributed by atoms with E-state index in [0.29, 0.717) is 0 Å². The van der Waals surface area contributed by atoms with E-state index in [1.54, 1.807) is 0 Å². The fraction of sp³-hybridized carbons (Fsp3) is 0.200. The maximum atomic E-state index is 2.23. The third kappa shape index (κ3) is 3.71. The summed E-state index contributed by atoms with van der Waals surface area (Å²) in [4.78, 5) is 0. The zero-order chi connectivity index (χ0) is 14.2. The quantitative estimate of drug-likeness (QED) is 0.622. The van der Waals surface area contributed by atoms with Crippen molar-refractivity contribution in [1.29, 1.82) is 0 Å². The normalized spacial score (nSPS) is 12.5. The number of allylic oxidation sites excluding steroid dienone is 4. The fourth-order valence-corrected chi connectivity index (χ4v) is 2.48. The van der Waals surface area contributed by atoms with Gasteiger partial charge < -0.3 is 0 Å². The zero-order valence-corrected chi connectivity index (χ0v) is 12.3. The standard InChI is InChI=1S/C20H22/c1-3-17(19-11-7-5-8-12-19)15-16-18(4-2)20-13-9-6-10-14-20/h3-14H,15-16H2,1-2H3/b17-3+,18-4+. The third-order valence-corrected chi connectivity index (χ3v) is 3.65. The Morgan fingerprint density at radius 3 is 1.30 bits per heavy atom. The van der Waals surface area contributed by atoms with E-state index in [2.05, 4.69) is 86.7 Å². The molecule has 0 amide bonds. The van der Waals surface area contributed by atoms with Crippen LogP contribution in [0.2, 0.25) is 0 Å². The summed E-state index contributed by atoms with van der Waals surface area (Å²) < 4.78 is 0. The monoisotopic (exact) mass is 262 g/mol. The minimum absolute atomic E-state index is 1.08. The fourth-order valence-electron chi connectivity index (χ4n) is 2.48. The Balaban J connectivity index is 2.07. The molecule has 0 aliphatic carbocycles. The van der Waals surface area contributed by atoms with Crippen molar-refractivity contribution in [2.45, 2.75) is 26.7 Å². The van der Waals surface area contributed by atoms with Crippen LogP contribution in [0.1, 0.15) is 37.8 Å². The first-order valence-corrected chi connectivity index (χ1v) is 7.26. The molecule has 2 aromatic carbocycles. The van der Waals surface area contributed by atoms with E-state index in [4.69, 9.17) is 0 Å². The largest absolute Gasteiger partial charge is 0.0838 e. The number of hydrogen-bond acceptors (Lipinski definition) is 0. The molecule has 0 radical (unpaired) electrons. The van der Waals surface area contributed by atoms with Crippen LogP contribution in [0.15, 0.2) is 72.8 Å². The number of benzene rings is 2. The molecule has 2 rings (SSSR count). The van der Waals surface area contributed by atoms with Crippen molar-refractivity contribution in [1.82, 2.24) is 0 Å². The second-order valence-corrected chi connectivity index (χ2v) is 4.86. The average Bonchev–Trinajstić information content (AvgIpc) is 2.53. The van der Waals surface area contributed by atoms with Gasteiger partial charge in [0.2, 0.25) is 0 Å². The Morgan fingerprint density at radius 2 is 1.00 bits per heavy atom. The van der Waals surface area contributed by atoms with E-state index >= 15 is 0 Å². The minimum Gasteiger partial charge on any atom is -0.0838 e. The van der Waals surface area contributed by atoms with Crippen LogP contribution in [-0.4, -0.2) is 0 Å². The van der Waals surface area contributed by atoms with Crippen LogP contribution in [0.3, 0.4) is 0 Å². The van der Waals surface area contributed by atoms with Crippen LogP contribution in [0.25, 0.3) is 11.1 Å². The molecule has 2 aromatic rings. The molecule has 0 unspecified atom stereocenters. The molecule has 0 N–H and O–H groups in total. The first-order valence-electron chi connectivity index (χ1n) is 7.26. The lowest BCUT2D eigenvalue weighted by atomic mass is 9.95. The predicted molar refractivity (Wildman–Crippen MR) is 89.4 cm³/mol. The first-order chi connectivity index (χ1) is 9.85. The van der Waals surface area contributed by atoms with E-state index in [-0.39, 0.29) is 0 Å². The molecule has 0 nitrogen and oxygen atoms in total. The molecule has 102 valence electrons. The van der Waals surface area contributed by atoms with Gasteiger partial charge >= 0.3 is 0 Å². The van der Waals surface area contributed by atoms with E-state index in [0.717, 1.165) is 12.8 Å². The highest BCUT2D eigenvalue weighted by Gasteiger charge is 2.04. The highest BCUT2D eigenvalue weighted by atomic mass is 14.1. The lowest BCUT2D eigenvalue weighted by Crippen LogP contribution is -1.88. The summed E-state index contributed by atoms with van der Waals surface area (Å²) in [5.41, 5.74) is 5.50. The van der Waals surface area contributed by atoms with Crippen molar-refractivity contribution in [2.24, 2.45) is 0 Å². The Bertz CT molecular complexity index is 518. The van der Waals surface area contributed by atoms with Crippen LogP contribution in [0.4, 0.5) is 0 Å². The van der Waals surface area contributed by atoms with Gasteiger partial charge in [0.25, 0.3) is 0 Å². The van der Waals surface area contributed by atoms with Gasteiger partial charge in [-0.3, -0.25) is 0 Å². The summed E-state index contributed by atoms with van der Waals surface area (Å²) in [5, 5.41) is 0. The number of hydrogen-bond donors (Lipinski definition) is 0. The summed E-state index contributed by atoms with van der Waals surface area (Å²) in [5.74, 6) is 0. The second-order valence-electron chi connectivity index (χ2n) is 4.86. The maximum absolute atomic E-state index is 2.23. The van der Waals surface area contributed by atoms with Crippen LogP contribution in [0, 0.1) is 0 Å². The van der Waals surface area contributed by atoms with E-state index in [1.165, 1.54) is 22.3 Å². The molecule has 20 heavy (non-hydrogen) atoms. The maximum Gasteiger partial charge on any atom is -0.0228 e. The molecule has 0 atom stereocenters. The molecule has 0 aliphatic heterocycles. The zero-order valence-electron chi connectivity index (χ0n) is 12.3. The molecular weight excluding hydrogens is 240 g/mol. The molecule has 0 spiro atoms. The van der Waals surface area contributed by atoms with Gasteiger partial charge in [-0.2, -0.15) is 0 Å². The van der Waals surface area contributed by atoms with Gasteiger partial charge in [-0.15, -0.1) is 0 Å². The van der Waals surface area contributed by atoms with Crippen LogP contribution in [-0.2, 0) is 0 Å². The van der Waals surface area contributed by atoms with Gasteiger partial charge in [0.05, 0.1) is 0 Å². The summed E-state index contributed by atoms with van der Waals surface area (Å²) in [6.45, 7) is 4.25. The van der Waals surface area contributed by atoms with Gasteiger partial charge in [-0.25, -0.2) is 0 Å². The van der Waals surface area contributed by atoms with Crippen LogP contribution < -0.4 is 0 Å². The first kappa shape index (κ1) is 14.3. The van der Waals surface area contributed by atoms with Crippen molar-refractivity contribution in [3.8, 4) is 0 Å². The molecule has 0 saturated carbocycles. The van der Waals surface area contributed by atoms with Gasteiger partial charge in [-0.1, -0.05) is 72.8 Å². The van der Waals surface area contributed by atoms with Crippen LogP contribution >= 0.6 is 0 Å². The Morgan fingerprint density at radius 1 is 0.650 bits per heavy atom. The highest BCUT2D eigenvalue weighted by Crippen LogP contribution is 2.26. The molecule has 0 aromatic heterocycles. The topological polar surface area (TPSA) is 0 Å². The lowest BCUT2D eigenvalue weighted by molar-refractivity contribution is 1.08. The summed E-state index contributed by atoms with van der Waals surface area (Å²) in [6, 6.07) is 21.3. The summed E-state index contributed by atoms with van der Waals surface area (Å²) in [6.07, 6.45) is 6.62. The molecule has 0 heterocycles. The lowest BCUT2D eigenvalue weighted by Gasteiger charge is -2.10. The Kier molecular flexibility index (Phi) is 5.37. The van der Waals surface area contributed by atoms with Crippen molar-refractivity contribution in [2.75, 3.05) is 0 Å².